The van der Waals surface area contributed by atoms with Gasteiger partial charge in [-0.25, -0.2) is 9.50 Å². The van der Waals surface area contributed by atoms with Gasteiger partial charge in [0, 0.05) is 22.2 Å². The van der Waals surface area contributed by atoms with Crippen LogP contribution >= 0.6 is 0 Å². The van der Waals surface area contributed by atoms with Gasteiger partial charge in [0.2, 0.25) is 0 Å². The van der Waals surface area contributed by atoms with Gasteiger partial charge in [-0.1, -0.05) is 78.9 Å². The van der Waals surface area contributed by atoms with Crippen molar-refractivity contribution in [2.75, 3.05) is 0 Å². The van der Waals surface area contributed by atoms with Crippen LogP contribution < -0.4 is 0 Å². The number of pyridine rings is 1. The Kier molecular flexibility index (Phi) is 4.11. The summed E-state index contributed by atoms with van der Waals surface area (Å²) in [6.07, 6.45) is 1.95. The van der Waals surface area contributed by atoms with Gasteiger partial charge in [-0.15, -0.1) is 0 Å². The third kappa shape index (κ3) is 2.86. The highest BCUT2D eigenvalue weighted by atomic mass is 15.2. The fourth-order valence-electron chi connectivity index (χ4n) is 4.78. The molecular formula is C30H20N4. The molecule has 0 spiro atoms. The minimum Gasteiger partial charge on any atom is -0.292 e. The number of para-hydroxylation sites is 4. The number of nitrogens with zero attached hydrogens (tertiary/aromatic N) is 4. The summed E-state index contributed by atoms with van der Waals surface area (Å²) in [5.41, 5.74) is 8.73. The van der Waals surface area contributed by atoms with E-state index in [0.29, 0.717) is 0 Å². The molecule has 4 heteroatoms. The van der Waals surface area contributed by atoms with Crippen molar-refractivity contribution in [2.24, 2.45) is 0 Å². The van der Waals surface area contributed by atoms with E-state index >= 15 is 0 Å². The van der Waals surface area contributed by atoms with E-state index in [0.717, 1.165) is 50.3 Å². The van der Waals surface area contributed by atoms with Crippen LogP contribution in [0.25, 0.3) is 55.7 Å². The molecule has 0 aliphatic carbocycles. The number of hydrogen-bond donors (Lipinski definition) is 0. The summed E-state index contributed by atoms with van der Waals surface area (Å²) < 4.78 is 4.25. The molecule has 0 fully saturated rings. The van der Waals surface area contributed by atoms with E-state index in [9.17, 15) is 0 Å². The van der Waals surface area contributed by atoms with Gasteiger partial charge in [0.1, 0.15) is 5.82 Å². The van der Waals surface area contributed by atoms with Crippen molar-refractivity contribution in [3.63, 3.8) is 0 Å². The third-order valence-electron chi connectivity index (χ3n) is 6.42. The maximum atomic E-state index is 4.98. The molecule has 0 atom stereocenters. The van der Waals surface area contributed by atoms with Crippen LogP contribution in [-0.4, -0.2) is 19.2 Å². The third-order valence-corrected chi connectivity index (χ3v) is 6.42. The molecule has 3 aromatic heterocycles. The zero-order chi connectivity index (χ0) is 22.5. The Labute approximate surface area is 196 Å². The van der Waals surface area contributed by atoms with E-state index in [2.05, 4.69) is 113 Å². The average molecular weight is 437 g/mol. The van der Waals surface area contributed by atoms with Gasteiger partial charge in [0.05, 0.1) is 28.3 Å². The van der Waals surface area contributed by atoms with Crippen LogP contribution in [0.15, 0.2) is 121 Å². The molecular weight excluding hydrogens is 416 g/mol. The van der Waals surface area contributed by atoms with E-state index in [4.69, 9.17) is 4.98 Å². The van der Waals surface area contributed by atoms with Crippen molar-refractivity contribution in [3.8, 4) is 28.2 Å². The lowest BCUT2D eigenvalue weighted by molar-refractivity contribution is 1.00. The largest absolute Gasteiger partial charge is 0.292 e. The molecule has 3 heterocycles. The summed E-state index contributed by atoms with van der Waals surface area (Å²) in [6.45, 7) is 0. The van der Waals surface area contributed by atoms with Crippen LogP contribution in [0.1, 0.15) is 0 Å². The van der Waals surface area contributed by atoms with Gasteiger partial charge in [0.15, 0.2) is 0 Å². The topological polar surface area (TPSA) is 35.1 Å². The van der Waals surface area contributed by atoms with Crippen LogP contribution in [0.3, 0.4) is 0 Å². The number of aromatic nitrogens is 4. The second-order valence-electron chi connectivity index (χ2n) is 8.42. The fraction of sp³-hybridized carbons (Fsp3) is 0. The maximum Gasteiger partial charge on any atom is 0.145 e. The van der Waals surface area contributed by atoms with Crippen molar-refractivity contribution in [2.45, 2.75) is 0 Å². The number of rotatable bonds is 3. The fourth-order valence-corrected chi connectivity index (χ4v) is 4.78. The van der Waals surface area contributed by atoms with E-state index in [-0.39, 0.29) is 0 Å². The van der Waals surface area contributed by atoms with Gasteiger partial charge in [-0.2, -0.15) is 5.10 Å². The Bertz CT molecular complexity index is 1790. The summed E-state index contributed by atoms with van der Waals surface area (Å²) in [4.78, 5) is 4.98. The van der Waals surface area contributed by atoms with Gasteiger partial charge in [-0.3, -0.25) is 4.57 Å². The zero-order valence-corrected chi connectivity index (χ0v) is 18.3. The van der Waals surface area contributed by atoms with E-state index in [1.807, 2.05) is 22.8 Å². The highest BCUT2D eigenvalue weighted by Crippen LogP contribution is 2.32. The van der Waals surface area contributed by atoms with Gasteiger partial charge in [-0.05, 0) is 42.0 Å². The Morgan fingerprint density at radius 2 is 1.24 bits per heavy atom. The van der Waals surface area contributed by atoms with Crippen LogP contribution in [0.5, 0.6) is 0 Å². The van der Waals surface area contributed by atoms with Crippen molar-refractivity contribution < 1.29 is 0 Å². The second kappa shape index (κ2) is 7.42. The molecule has 0 aliphatic heterocycles. The standard InChI is InChI=1S/C30H20N4/c1-2-9-24(10-3-1)33-29-13-7-5-11-26(29)32-30(33)23-16-14-21(15-17-23)25-20-31-34-27-12-6-4-8-22(27)18-19-28(25)34/h1-20H. The lowest BCUT2D eigenvalue weighted by Crippen LogP contribution is -1.97. The second-order valence-corrected chi connectivity index (χ2v) is 8.42. The molecule has 0 saturated heterocycles. The monoisotopic (exact) mass is 436 g/mol. The molecule has 0 bridgehead atoms. The predicted octanol–water partition coefficient (Wildman–Crippen LogP) is 7.16. The Morgan fingerprint density at radius 1 is 0.529 bits per heavy atom. The zero-order valence-electron chi connectivity index (χ0n) is 18.3. The van der Waals surface area contributed by atoms with Gasteiger partial charge < -0.3 is 0 Å². The van der Waals surface area contributed by atoms with E-state index in [1.54, 1.807) is 0 Å². The minimum absolute atomic E-state index is 0.935. The molecule has 0 radical (unpaired) electrons. The first-order chi connectivity index (χ1) is 16.9. The summed E-state index contributed by atoms with van der Waals surface area (Å²) in [5, 5.41) is 5.87. The van der Waals surface area contributed by atoms with Crippen LogP contribution in [0, 0.1) is 0 Å². The Morgan fingerprint density at radius 3 is 2.09 bits per heavy atom. The van der Waals surface area contributed by atoms with E-state index < -0.39 is 0 Å². The molecule has 0 N–H and O–H groups in total. The normalized spacial score (nSPS) is 11.5. The van der Waals surface area contributed by atoms with Crippen molar-refractivity contribution >= 4 is 27.5 Å². The van der Waals surface area contributed by atoms with Gasteiger partial charge in [0.25, 0.3) is 0 Å². The molecule has 4 nitrogen and oxygen atoms in total. The predicted molar refractivity (Wildman–Crippen MR) is 138 cm³/mol. The summed E-state index contributed by atoms with van der Waals surface area (Å²) in [5.74, 6) is 0.935. The summed E-state index contributed by atoms with van der Waals surface area (Å²) >= 11 is 0. The van der Waals surface area contributed by atoms with Crippen molar-refractivity contribution in [1.82, 2.24) is 19.2 Å². The molecule has 34 heavy (non-hydrogen) atoms. The molecule has 0 amide bonds. The van der Waals surface area contributed by atoms with E-state index in [1.165, 1.54) is 5.39 Å². The molecule has 7 rings (SSSR count). The van der Waals surface area contributed by atoms with Crippen LogP contribution in [-0.2, 0) is 0 Å². The first-order valence-electron chi connectivity index (χ1n) is 11.4. The van der Waals surface area contributed by atoms with Crippen molar-refractivity contribution in [3.05, 3.63) is 121 Å². The molecule has 0 aliphatic rings. The number of imidazole rings is 1. The number of fused-ring (bicyclic) bond motifs is 4. The maximum absolute atomic E-state index is 4.98. The highest BCUT2D eigenvalue weighted by molar-refractivity contribution is 5.89. The molecule has 4 aromatic carbocycles. The lowest BCUT2D eigenvalue weighted by atomic mass is 10.0. The summed E-state index contributed by atoms with van der Waals surface area (Å²) in [7, 11) is 0. The minimum atomic E-state index is 0.935. The first-order valence-corrected chi connectivity index (χ1v) is 11.4. The summed E-state index contributed by atoms with van der Waals surface area (Å²) in [6, 6.07) is 40.0. The number of benzene rings is 4. The Hall–Kier alpha value is -4.70. The Balaban J connectivity index is 1.36. The van der Waals surface area contributed by atoms with Crippen molar-refractivity contribution in [1.29, 1.82) is 0 Å². The molecule has 0 saturated carbocycles. The van der Waals surface area contributed by atoms with Crippen LogP contribution in [0.2, 0.25) is 0 Å². The van der Waals surface area contributed by atoms with Crippen LogP contribution in [0.4, 0.5) is 0 Å². The number of hydrogen-bond acceptors (Lipinski definition) is 2. The molecule has 160 valence electrons. The average Bonchev–Trinajstić information content (AvgIpc) is 3.51. The quantitative estimate of drug-likeness (QED) is 0.295. The van der Waals surface area contributed by atoms with Gasteiger partial charge >= 0.3 is 0 Å². The smallest absolute Gasteiger partial charge is 0.145 e. The molecule has 7 aromatic rings. The SMILES string of the molecule is c1ccc(-n2c(-c3ccc(-c4cnn5c4ccc4ccccc45)cc3)nc3ccccc32)cc1. The molecule has 0 unspecified atom stereocenters. The highest BCUT2D eigenvalue weighted by Gasteiger charge is 2.15. The lowest BCUT2D eigenvalue weighted by Gasteiger charge is -2.10. The first kappa shape index (κ1) is 18.8.